The second-order valence-electron chi connectivity index (χ2n) is 7.18. The smallest absolute Gasteiger partial charge is 0.247 e. The number of aromatic nitrogens is 5. The second kappa shape index (κ2) is 8.71. The molecule has 3 aromatic heterocycles. The van der Waals surface area contributed by atoms with Crippen LogP contribution in [0.25, 0.3) is 22.2 Å². The molecule has 4 heterocycles. The van der Waals surface area contributed by atoms with E-state index < -0.39 is 0 Å². The lowest BCUT2D eigenvalue weighted by Crippen LogP contribution is -2.16. The van der Waals surface area contributed by atoms with Crippen molar-refractivity contribution < 1.29 is 9.15 Å². The van der Waals surface area contributed by atoms with Crippen molar-refractivity contribution in [3.05, 3.63) is 53.2 Å². The van der Waals surface area contributed by atoms with Gasteiger partial charge in [-0.15, -0.1) is 31.7 Å². The molecule has 0 saturated carbocycles. The molecule has 1 saturated heterocycles. The molecule has 1 aliphatic rings. The summed E-state index contributed by atoms with van der Waals surface area (Å²) >= 11 is 3.22. The van der Waals surface area contributed by atoms with Crippen LogP contribution in [-0.4, -0.2) is 37.7 Å². The summed E-state index contributed by atoms with van der Waals surface area (Å²) < 4.78 is 13.9. The molecule has 1 aromatic carbocycles. The lowest BCUT2D eigenvalue weighted by Gasteiger charge is -2.13. The Morgan fingerprint density at radius 3 is 2.80 bits per heavy atom. The van der Waals surface area contributed by atoms with Crippen molar-refractivity contribution in [3.8, 4) is 22.2 Å². The summed E-state index contributed by atoms with van der Waals surface area (Å²) in [6.45, 7) is 3.63. The molecule has 154 valence electrons. The Bertz CT molecular complexity index is 1100. The number of thiophene rings is 1. The third kappa shape index (κ3) is 4.19. The van der Waals surface area contributed by atoms with Gasteiger partial charge in [0.25, 0.3) is 0 Å². The highest BCUT2D eigenvalue weighted by atomic mass is 32.2. The van der Waals surface area contributed by atoms with Gasteiger partial charge >= 0.3 is 0 Å². The van der Waals surface area contributed by atoms with Gasteiger partial charge in [0, 0.05) is 12.2 Å². The summed E-state index contributed by atoms with van der Waals surface area (Å²) in [6, 6.07) is 12.2. The maximum Gasteiger partial charge on any atom is 0.247 e. The van der Waals surface area contributed by atoms with E-state index in [4.69, 9.17) is 9.15 Å². The van der Waals surface area contributed by atoms with E-state index in [0.29, 0.717) is 17.5 Å². The molecule has 1 aliphatic heterocycles. The molecule has 1 atom stereocenters. The first-order valence-electron chi connectivity index (χ1n) is 9.87. The van der Waals surface area contributed by atoms with Gasteiger partial charge in [0.15, 0.2) is 11.0 Å². The van der Waals surface area contributed by atoms with Gasteiger partial charge in [-0.3, -0.25) is 4.57 Å². The first-order chi connectivity index (χ1) is 14.8. The summed E-state index contributed by atoms with van der Waals surface area (Å²) in [5.74, 6) is 2.52. The molecule has 4 aromatic rings. The van der Waals surface area contributed by atoms with Gasteiger partial charge in [0.1, 0.15) is 0 Å². The molecule has 5 rings (SSSR count). The Labute approximate surface area is 182 Å². The average Bonchev–Trinajstić information content (AvgIpc) is 3.55. The van der Waals surface area contributed by atoms with E-state index in [1.54, 1.807) is 23.1 Å². The van der Waals surface area contributed by atoms with Crippen LogP contribution in [0.5, 0.6) is 0 Å². The normalized spacial score (nSPS) is 16.4. The lowest BCUT2D eigenvalue weighted by atomic mass is 10.1. The molecule has 0 aliphatic carbocycles. The predicted octanol–water partition coefficient (Wildman–Crippen LogP) is 4.84. The molecule has 1 unspecified atom stereocenters. The number of nitrogens with zero attached hydrogens (tertiary/aromatic N) is 5. The van der Waals surface area contributed by atoms with Gasteiger partial charge in [-0.05, 0) is 43.3 Å². The zero-order chi connectivity index (χ0) is 20.3. The zero-order valence-corrected chi connectivity index (χ0v) is 18.2. The second-order valence-corrected chi connectivity index (χ2v) is 9.07. The van der Waals surface area contributed by atoms with E-state index in [1.165, 1.54) is 5.56 Å². The van der Waals surface area contributed by atoms with Gasteiger partial charge in [0.2, 0.25) is 11.8 Å². The minimum atomic E-state index is 0.204. The van der Waals surface area contributed by atoms with E-state index in [-0.39, 0.29) is 6.10 Å². The molecule has 30 heavy (non-hydrogen) atoms. The van der Waals surface area contributed by atoms with E-state index in [1.807, 2.05) is 30.3 Å². The first-order valence-corrected chi connectivity index (χ1v) is 11.7. The molecule has 7 nitrogen and oxygen atoms in total. The fourth-order valence-corrected chi connectivity index (χ4v) is 4.89. The number of hydrogen-bond acceptors (Lipinski definition) is 8. The fraction of sp³-hybridized carbons (Fsp3) is 0.333. The number of ether oxygens (including phenoxy) is 1. The van der Waals surface area contributed by atoms with E-state index in [9.17, 15) is 0 Å². The molecule has 0 spiro atoms. The highest BCUT2D eigenvalue weighted by molar-refractivity contribution is 7.98. The van der Waals surface area contributed by atoms with E-state index in [0.717, 1.165) is 47.4 Å². The van der Waals surface area contributed by atoms with Crippen LogP contribution < -0.4 is 0 Å². The van der Waals surface area contributed by atoms with Gasteiger partial charge in [-0.25, -0.2) is 0 Å². The Morgan fingerprint density at radius 2 is 2.03 bits per heavy atom. The van der Waals surface area contributed by atoms with Crippen molar-refractivity contribution in [2.75, 3.05) is 6.61 Å². The topological polar surface area (TPSA) is 78.9 Å². The first kappa shape index (κ1) is 19.5. The Morgan fingerprint density at radius 1 is 1.13 bits per heavy atom. The van der Waals surface area contributed by atoms with Gasteiger partial charge in [0.05, 0.1) is 23.3 Å². The average molecular weight is 440 g/mol. The van der Waals surface area contributed by atoms with Crippen LogP contribution in [0.15, 0.2) is 51.4 Å². The standard InChI is InChI=1S/C21H21N5O2S2/c1-14-6-8-15(9-7-14)20-24-22-18(28-20)13-30-21-25-23-19(17-5-3-11-29-17)26(21)12-16-4-2-10-27-16/h3,5-9,11,16H,2,4,10,12-13H2,1H3. The maximum absolute atomic E-state index is 5.86. The Balaban J connectivity index is 1.34. The van der Waals surface area contributed by atoms with Crippen LogP contribution in [0.3, 0.4) is 0 Å². The quantitative estimate of drug-likeness (QED) is 0.381. The zero-order valence-electron chi connectivity index (χ0n) is 16.5. The number of benzene rings is 1. The van der Waals surface area contributed by atoms with Crippen LogP contribution in [-0.2, 0) is 17.0 Å². The molecular weight excluding hydrogens is 418 g/mol. The van der Waals surface area contributed by atoms with Crippen LogP contribution in [0, 0.1) is 6.92 Å². The molecule has 0 amide bonds. The molecule has 0 bridgehead atoms. The Kier molecular flexibility index (Phi) is 5.65. The minimum Gasteiger partial charge on any atom is -0.420 e. The maximum atomic E-state index is 5.86. The van der Waals surface area contributed by atoms with Crippen molar-refractivity contribution >= 4 is 23.1 Å². The van der Waals surface area contributed by atoms with Crippen LogP contribution in [0.1, 0.15) is 24.3 Å². The number of rotatable bonds is 7. The monoisotopic (exact) mass is 439 g/mol. The van der Waals surface area contributed by atoms with Gasteiger partial charge in [-0.1, -0.05) is 35.5 Å². The fourth-order valence-electron chi connectivity index (χ4n) is 3.39. The highest BCUT2D eigenvalue weighted by Crippen LogP contribution is 2.30. The molecule has 0 N–H and O–H groups in total. The van der Waals surface area contributed by atoms with Gasteiger partial charge in [-0.2, -0.15) is 0 Å². The van der Waals surface area contributed by atoms with Crippen molar-refractivity contribution in [1.82, 2.24) is 25.0 Å². The molecule has 9 heteroatoms. The number of hydrogen-bond donors (Lipinski definition) is 0. The molecule has 1 fully saturated rings. The van der Waals surface area contributed by atoms with E-state index in [2.05, 4.69) is 43.3 Å². The lowest BCUT2D eigenvalue weighted by molar-refractivity contribution is 0.0953. The third-order valence-corrected chi connectivity index (χ3v) is 6.78. The van der Waals surface area contributed by atoms with Crippen molar-refractivity contribution in [1.29, 1.82) is 0 Å². The van der Waals surface area contributed by atoms with Crippen molar-refractivity contribution in [2.45, 2.75) is 43.3 Å². The van der Waals surface area contributed by atoms with Crippen LogP contribution >= 0.6 is 23.1 Å². The SMILES string of the molecule is Cc1ccc(-c2nnc(CSc3nnc(-c4cccs4)n3CC3CCCO3)o2)cc1. The van der Waals surface area contributed by atoms with Crippen LogP contribution in [0.4, 0.5) is 0 Å². The minimum absolute atomic E-state index is 0.204. The highest BCUT2D eigenvalue weighted by Gasteiger charge is 2.22. The predicted molar refractivity (Wildman–Crippen MR) is 116 cm³/mol. The Hall–Kier alpha value is -2.49. The van der Waals surface area contributed by atoms with Gasteiger partial charge < -0.3 is 9.15 Å². The van der Waals surface area contributed by atoms with Crippen molar-refractivity contribution in [2.24, 2.45) is 0 Å². The summed E-state index contributed by atoms with van der Waals surface area (Å²) in [4.78, 5) is 1.10. The molecular formula is C21H21N5O2S2. The van der Waals surface area contributed by atoms with Crippen LogP contribution in [0.2, 0.25) is 0 Å². The van der Waals surface area contributed by atoms with E-state index >= 15 is 0 Å². The summed E-state index contributed by atoms with van der Waals surface area (Å²) in [6.07, 6.45) is 2.37. The number of thioether (sulfide) groups is 1. The summed E-state index contributed by atoms with van der Waals surface area (Å²) in [5, 5.41) is 20.2. The van der Waals surface area contributed by atoms with Crippen molar-refractivity contribution in [3.63, 3.8) is 0 Å². The summed E-state index contributed by atoms with van der Waals surface area (Å²) in [7, 11) is 0. The third-order valence-electron chi connectivity index (χ3n) is 4.96. The number of aryl methyl sites for hydroxylation is 1. The largest absolute Gasteiger partial charge is 0.420 e. The molecule has 0 radical (unpaired) electrons. The summed E-state index contributed by atoms with van der Waals surface area (Å²) in [5.41, 5.74) is 2.12.